The Morgan fingerprint density at radius 2 is 1.75 bits per heavy atom. The molecular weight excluding hydrogens is 262 g/mol. The Hall–Kier alpha value is -0.340. The molecule has 0 aromatic heterocycles. The maximum Gasteiger partial charge on any atom is 0.0317 e. The van der Waals surface area contributed by atoms with Crippen molar-refractivity contribution in [2.45, 2.75) is 39.2 Å². The Balaban J connectivity index is 2.50. The van der Waals surface area contributed by atoms with E-state index in [2.05, 4.69) is 59.4 Å². The first-order valence-corrected chi connectivity index (χ1v) is 6.85. The fraction of sp³-hybridized carbons (Fsp3) is 0.571. The van der Waals surface area contributed by atoms with E-state index in [0.717, 1.165) is 10.4 Å². The molecule has 0 aliphatic heterocycles. The van der Waals surface area contributed by atoms with E-state index in [-0.39, 0.29) is 0 Å². The van der Waals surface area contributed by atoms with Gasteiger partial charge in [-0.15, -0.1) is 0 Å². The molecular formula is C14H22BrN. The Labute approximate surface area is 108 Å². The Bertz CT molecular complexity index is 292. The van der Waals surface area contributed by atoms with E-state index in [9.17, 15) is 0 Å². The molecule has 0 bridgehead atoms. The molecule has 0 heterocycles. The molecule has 1 N–H and O–H groups in total. The lowest BCUT2D eigenvalue weighted by atomic mass is 9.98. The minimum absolute atomic E-state index is 0.492. The molecule has 0 saturated carbocycles. The summed E-state index contributed by atoms with van der Waals surface area (Å²) in [7, 11) is 2.04. The van der Waals surface area contributed by atoms with Crippen LogP contribution in [0.15, 0.2) is 28.7 Å². The van der Waals surface area contributed by atoms with Crippen molar-refractivity contribution in [1.82, 2.24) is 5.32 Å². The van der Waals surface area contributed by atoms with Gasteiger partial charge in [-0.3, -0.25) is 0 Å². The van der Waals surface area contributed by atoms with Gasteiger partial charge in [0.25, 0.3) is 0 Å². The minimum atomic E-state index is 0.492. The van der Waals surface area contributed by atoms with Gasteiger partial charge in [0.1, 0.15) is 0 Å². The van der Waals surface area contributed by atoms with Crippen molar-refractivity contribution in [2.24, 2.45) is 5.92 Å². The molecule has 16 heavy (non-hydrogen) atoms. The summed E-state index contributed by atoms with van der Waals surface area (Å²) < 4.78 is 1.15. The van der Waals surface area contributed by atoms with Gasteiger partial charge in [-0.25, -0.2) is 0 Å². The first-order valence-electron chi connectivity index (χ1n) is 6.06. The highest BCUT2D eigenvalue weighted by Gasteiger charge is 2.08. The zero-order chi connectivity index (χ0) is 12.0. The van der Waals surface area contributed by atoms with E-state index in [1.165, 1.54) is 24.8 Å². The molecule has 1 aromatic carbocycles. The smallest absolute Gasteiger partial charge is 0.0317 e. The highest BCUT2D eigenvalue weighted by Crippen LogP contribution is 2.22. The SMILES string of the molecule is CNC(CCCC(C)C)c1ccc(Br)cc1. The second kappa shape index (κ2) is 7.08. The molecule has 0 radical (unpaired) electrons. The molecule has 0 saturated heterocycles. The van der Waals surface area contributed by atoms with Crippen LogP contribution < -0.4 is 5.32 Å². The summed E-state index contributed by atoms with van der Waals surface area (Å²) in [5.41, 5.74) is 1.38. The van der Waals surface area contributed by atoms with Crippen molar-refractivity contribution < 1.29 is 0 Å². The topological polar surface area (TPSA) is 12.0 Å². The Morgan fingerprint density at radius 1 is 1.12 bits per heavy atom. The minimum Gasteiger partial charge on any atom is -0.313 e. The van der Waals surface area contributed by atoms with Gasteiger partial charge in [0.05, 0.1) is 0 Å². The van der Waals surface area contributed by atoms with Crippen LogP contribution in [-0.2, 0) is 0 Å². The summed E-state index contributed by atoms with van der Waals surface area (Å²) in [6, 6.07) is 9.11. The van der Waals surface area contributed by atoms with Gasteiger partial charge in [-0.05, 0) is 37.1 Å². The number of benzene rings is 1. The molecule has 0 fully saturated rings. The molecule has 90 valence electrons. The van der Waals surface area contributed by atoms with Crippen LogP contribution in [0.1, 0.15) is 44.7 Å². The normalized spacial score (nSPS) is 13.1. The maximum atomic E-state index is 3.47. The van der Waals surface area contributed by atoms with Crippen LogP contribution in [-0.4, -0.2) is 7.05 Å². The summed E-state index contributed by atoms with van der Waals surface area (Å²) in [5.74, 6) is 0.808. The van der Waals surface area contributed by atoms with Crippen LogP contribution in [0.2, 0.25) is 0 Å². The van der Waals surface area contributed by atoms with Gasteiger partial charge >= 0.3 is 0 Å². The van der Waals surface area contributed by atoms with Crippen molar-refractivity contribution in [3.63, 3.8) is 0 Å². The van der Waals surface area contributed by atoms with Crippen molar-refractivity contribution in [3.05, 3.63) is 34.3 Å². The van der Waals surface area contributed by atoms with Gasteiger partial charge in [0.2, 0.25) is 0 Å². The van der Waals surface area contributed by atoms with Crippen LogP contribution in [0.5, 0.6) is 0 Å². The number of halogens is 1. The molecule has 0 amide bonds. The fourth-order valence-electron chi connectivity index (χ4n) is 1.90. The molecule has 1 atom stereocenters. The lowest BCUT2D eigenvalue weighted by Crippen LogP contribution is -2.16. The summed E-state index contributed by atoms with van der Waals surface area (Å²) in [4.78, 5) is 0. The third-order valence-corrected chi connectivity index (χ3v) is 3.42. The zero-order valence-corrected chi connectivity index (χ0v) is 12.0. The molecule has 1 nitrogen and oxygen atoms in total. The molecule has 0 spiro atoms. The molecule has 2 heteroatoms. The lowest BCUT2D eigenvalue weighted by Gasteiger charge is -2.17. The fourth-order valence-corrected chi connectivity index (χ4v) is 2.17. The standard InChI is InChI=1S/C14H22BrN/c1-11(2)5-4-6-14(16-3)12-7-9-13(15)10-8-12/h7-11,14,16H,4-6H2,1-3H3. The zero-order valence-electron chi connectivity index (χ0n) is 10.5. The van der Waals surface area contributed by atoms with E-state index in [1.807, 2.05) is 7.05 Å². The second-order valence-electron chi connectivity index (χ2n) is 4.72. The Kier molecular flexibility index (Phi) is 6.07. The number of rotatable bonds is 6. The van der Waals surface area contributed by atoms with E-state index in [0.29, 0.717) is 6.04 Å². The van der Waals surface area contributed by atoms with Gasteiger partial charge in [0, 0.05) is 10.5 Å². The van der Waals surface area contributed by atoms with Gasteiger partial charge in [-0.1, -0.05) is 54.8 Å². The highest BCUT2D eigenvalue weighted by molar-refractivity contribution is 9.10. The predicted molar refractivity (Wildman–Crippen MR) is 74.6 cm³/mol. The van der Waals surface area contributed by atoms with Crippen molar-refractivity contribution in [2.75, 3.05) is 7.05 Å². The molecule has 1 aromatic rings. The van der Waals surface area contributed by atoms with Crippen molar-refractivity contribution in [3.8, 4) is 0 Å². The van der Waals surface area contributed by atoms with Crippen LogP contribution >= 0.6 is 15.9 Å². The maximum absolute atomic E-state index is 3.47. The van der Waals surface area contributed by atoms with E-state index in [1.54, 1.807) is 0 Å². The van der Waals surface area contributed by atoms with Crippen LogP contribution in [0.25, 0.3) is 0 Å². The highest BCUT2D eigenvalue weighted by atomic mass is 79.9. The second-order valence-corrected chi connectivity index (χ2v) is 5.63. The Morgan fingerprint density at radius 3 is 2.25 bits per heavy atom. The summed E-state index contributed by atoms with van der Waals surface area (Å²) in [6.07, 6.45) is 3.82. The molecule has 0 aliphatic rings. The van der Waals surface area contributed by atoms with Gasteiger partial charge < -0.3 is 5.32 Å². The van der Waals surface area contributed by atoms with E-state index < -0.39 is 0 Å². The third kappa shape index (κ3) is 4.67. The first kappa shape index (κ1) is 13.7. The lowest BCUT2D eigenvalue weighted by molar-refractivity contribution is 0.470. The molecule has 1 unspecified atom stereocenters. The summed E-state index contributed by atoms with van der Waals surface area (Å²) >= 11 is 3.47. The van der Waals surface area contributed by atoms with Gasteiger partial charge in [0.15, 0.2) is 0 Å². The van der Waals surface area contributed by atoms with Gasteiger partial charge in [-0.2, -0.15) is 0 Å². The number of nitrogens with one attached hydrogen (secondary N) is 1. The number of hydrogen-bond donors (Lipinski definition) is 1. The third-order valence-electron chi connectivity index (χ3n) is 2.90. The quantitative estimate of drug-likeness (QED) is 0.809. The van der Waals surface area contributed by atoms with E-state index >= 15 is 0 Å². The summed E-state index contributed by atoms with van der Waals surface area (Å²) in [5, 5.41) is 3.40. The van der Waals surface area contributed by atoms with E-state index in [4.69, 9.17) is 0 Å². The summed E-state index contributed by atoms with van der Waals surface area (Å²) in [6.45, 7) is 4.57. The van der Waals surface area contributed by atoms with Crippen molar-refractivity contribution in [1.29, 1.82) is 0 Å². The van der Waals surface area contributed by atoms with Crippen LogP contribution in [0.3, 0.4) is 0 Å². The van der Waals surface area contributed by atoms with Crippen LogP contribution in [0, 0.1) is 5.92 Å². The largest absolute Gasteiger partial charge is 0.313 e. The first-order chi connectivity index (χ1) is 7.63. The average Bonchev–Trinajstić information content (AvgIpc) is 2.26. The van der Waals surface area contributed by atoms with Crippen molar-refractivity contribution >= 4 is 15.9 Å². The predicted octanol–water partition coefficient (Wildman–Crippen LogP) is 4.54. The molecule has 1 rings (SSSR count). The van der Waals surface area contributed by atoms with Crippen LogP contribution in [0.4, 0.5) is 0 Å². The average molecular weight is 284 g/mol. The molecule has 0 aliphatic carbocycles. The monoisotopic (exact) mass is 283 g/mol. The number of hydrogen-bond acceptors (Lipinski definition) is 1.